The number of nitrogens with zero attached hydrogens (tertiary/aromatic N) is 5. The number of hydrogen-bond acceptors (Lipinski definition) is 5. The van der Waals surface area contributed by atoms with Gasteiger partial charge >= 0.3 is 0 Å². The van der Waals surface area contributed by atoms with Gasteiger partial charge in [-0.25, -0.2) is 4.98 Å². The van der Waals surface area contributed by atoms with E-state index in [0.29, 0.717) is 10.6 Å². The standard InChI is InChI=1S/C8H9BrN6/c1-4-3-11-5(2)6(12-4)15-7(9)13-8(10)14-15/h3H,1-2H3,(H2,10,14). The highest BCUT2D eigenvalue weighted by atomic mass is 79.9. The minimum absolute atomic E-state index is 0.199. The van der Waals surface area contributed by atoms with Gasteiger partial charge in [-0.15, -0.1) is 5.10 Å². The largest absolute Gasteiger partial charge is 0.366 e. The number of nitrogen functional groups attached to an aromatic ring is 1. The molecule has 0 atom stereocenters. The Morgan fingerprint density at radius 2 is 2.07 bits per heavy atom. The van der Waals surface area contributed by atoms with Gasteiger partial charge in [-0.3, -0.25) is 4.98 Å². The number of anilines is 1. The minimum atomic E-state index is 0.199. The summed E-state index contributed by atoms with van der Waals surface area (Å²) in [6, 6.07) is 0. The van der Waals surface area contributed by atoms with Crippen LogP contribution in [0.1, 0.15) is 11.4 Å². The van der Waals surface area contributed by atoms with Crippen LogP contribution in [0.4, 0.5) is 5.95 Å². The molecule has 2 aromatic rings. The van der Waals surface area contributed by atoms with Gasteiger partial charge in [0.1, 0.15) is 0 Å². The molecule has 2 heterocycles. The fourth-order valence-electron chi connectivity index (χ4n) is 1.17. The first-order valence-electron chi connectivity index (χ1n) is 4.26. The minimum Gasteiger partial charge on any atom is -0.366 e. The molecule has 0 aliphatic carbocycles. The molecular formula is C8H9BrN6. The van der Waals surface area contributed by atoms with E-state index in [1.807, 2.05) is 13.8 Å². The van der Waals surface area contributed by atoms with Gasteiger partial charge in [0.05, 0.1) is 11.4 Å². The zero-order valence-corrected chi connectivity index (χ0v) is 9.85. The van der Waals surface area contributed by atoms with Crippen LogP contribution in [0.25, 0.3) is 5.82 Å². The molecule has 6 nitrogen and oxygen atoms in total. The number of aryl methyl sites for hydroxylation is 2. The monoisotopic (exact) mass is 268 g/mol. The Bertz CT molecular complexity index is 506. The van der Waals surface area contributed by atoms with E-state index in [0.717, 1.165) is 11.4 Å². The lowest BCUT2D eigenvalue weighted by atomic mass is 10.4. The average Bonchev–Trinajstić information content (AvgIpc) is 2.50. The second kappa shape index (κ2) is 3.58. The molecule has 0 bridgehead atoms. The topological polar surface area (TPSA) is 82.5 Å². The van der Waals surface area contributed by atoms with E-state index < -0.39 is 0 Å². The van der Waals surface area contributed by atoms with Crippen molar-refractivity contribution in [1.29, 1.82) is 0 Å². The van der Waals surface area contributed by atoms with Gasteiger partial charge in [0.25, 0.3) is 0 Å². The van der Waals surface area contributed by atoms with Gasteiger partial charge in [-0.1, -0.05) is 0 Å². The number of nitrogens with two attached hydrogens (primary N) is 1. The van der Waals surface area contributed by atoms with Gasteiger partial charge in [0, 0.05) is 6.20 Å². The van der Waals surface area contributed by atoms with Crippen LogP contribution >= 0.6 is 15.9 Å². The van der Waals surface area contributed by atoms with Crippen LogP contribution in [0.3, 0.4) is 0 Å². The molecule has 0 saturated heterocycles. The summed E-state index contributed by atoms with van der Waals surface area (Å²) in [4.78, 5) is 12.5. The molecule has 0 aliphatic heterocycles. The first-order valence-corrected chi connectivity index (χ1v) is 5.06. The van der Waals surface area contributed by atoms with Gasteiger partial charge in [0.15, 0.2) is 5.82 Å². The van der Waals surface area contributed by atoms with Crippen molar-refractivity contribution in [2.75, 3.05) is 5.73 Å². The predicted molar refractivity (Wildman–Crippen MR) is 58.5 cm³/mol. The number of halogens is 1. The zero-order chi connectivity index (χ0) is 11.0. The molecule has 0 radical (unpaired) electrons. The molecule has 0 saturated carbocycles. The number of aromatic nitrogens is 5. The van der Waals surface area contributed by atoms with E-state index in [9.17, 15) is 0 Å². The zero-order valence-electron chi connectivity index (χ0n) is 8.27. The Morgan fingerprint density at radius 1 is 1.33 bits per heavy atom. The number of hydrogen-bond donors (Lipinski definition) is 1. The van der Waals surface area contributed by atoms with E-state index in [4.69, 9.17) is 5.73 Å². The van der Waals surface area contributed by atoms with Crippen molar-refractivity contribution >= 4 is 21.9 Å². The summed E-state index contributed by atoms with van der Waals surface area (Å²) in [5.74, 6) is 0.829. The molecule has 0 fully saturated rings. The van der Waals surface area contributed by atoms with Crippen LogP contribution in [0, 0.1) is 13.8 Å². The van der Waals surface area contributed by atoms with Crippen LogP contribution in [0.5, 0.6) is 0 Å². The summed E-state index contributed by atoms with van der Waals surface area (Å²) in [7, 11) is 0. The Labute approximate surface area is 94.7 Å². The molecule has 15 heavy (non-hydrogen) atoms. The quantitative estimate of drug-likeness (QED) is 0.835. The van der Waals surface area contributed by atoms with Crippen LogP contribution in [0.2, 0.25) is 0 Å². The van der Waals surface area contributed by atoms with Crippen molar-refractivity contribution in [3.63, 3.8) is 0 Å². The van der Waals surface area contributed by atoms with Gasteiger partial charge < -0.3 is 5.73 Å². The highest BCUT2D eigenvalue weighted by Crippen LogP contribution is 2.15. The van der Waals surface area contributed by atoms with Crippen LogP contribution in [-0.2, 0) is 0 Å². The lowest BCUT2D eigenvalue weighted by Gasteiger charge is -2.04. The summed E-state index contributed by atoms with van der Waals surface area (Å²) >= 11 is 3.25. The molecule has 2 rings (SSSR count). The molecule has 78 valence electrons. The molecule has 2 aromatic heterocycles. The second-order valence-corrected chi connectivity index (χ2v) is 3.78. The van der Waals surface area contributed by atoms with E-state index in [2.05, 4.69) is 36.0 Å². The first-order chi connectivity index (χ1) is 7.08. The maximum absolute atomic E-state index is 5.48. The summed E-state index contributed by atoms with van der Waals surface area (Å²) in [6.07, 6.45) is 1.70. The summed E-state index contributed by atoms with van der Waals surface area (Å²) in [6.45, 7) is 3.72. The summed E-state index contributed by atoms with van der Waals surface area (Å²) < 4.78 is 2.04. The Morgan fingerprint density at radius 3 is 2.67 bits per heavy atom. The summed E-state index contributed by atoms with van der Waals surface area (Å²) in [5, 5.41) is 4.02. The van der Waals surface area contributed by atoms with Crippen molar-refractivity contribution in [3.05, 3.63) is 22.3 Å². The maximum atomic E-state index is 5.48. The fourth-order valence-corrected chi connectivity index (χ4v) is 1.60. The van der Waals surface area contributed by atoms with Crippen molar-refractivity contribution < 1.29 is 0 Å². The first kappa shape index (κ1) is 10.0. The van der Waals surface area contributed by atoms with Gasteiger partial charge in [-0.2, -0.15) is 9.67 Å². The van der Waals surface area contributed by atoms with Crippen molar-refractivity contribution in [3.8, 4) is 5.82 Å². The molecule has 0 aromatic carbocycles. The smallest absolute Gasteiger partial charge is 0.240 e. The number of rotatable bonds is 1. The second-order valence-electron chi connectivity index (χ2n) is 3.07. The normalized spacial score (nSPS) is 10.6. The third-order valence-electron chi connectivity index (χ3n) is 1.84. The SMILES string of the molecule is Cc1cnc(C)c(-n2nc(N)nc2Br)n1. The van der Waals surface area contributed by atoms with Gasteiger partial charge in [0.2, 0.25) is 10.7 Å². The average molecular weight is 269 g/mol. The molecule has 0 spiro atoms. The molecule has 7 heteroatoms. The maximum Gasteiger partial charge on any atom is 0.240 e. The van der Waals surface area contributed by atoms with E-state index in [-0.39, 0.29) is 5.95 Å². The third-order valence-corrected chi connectivity index (χ3v) is 2.35. The van der Waals surface area contributed by atoms with E-state index in [1.54, 1.807) is 6.20 Å². The van der Waals surface area contributed by atoms with Gasteiger partial charge in [-0.05, 0) is 29.8 Å². The molecular weight excluding hydrogens is 260 g/mol. The van der Waals surface area contributed by atoms with Crippen LogP contribution in [-0.4, -0.2) is 24.7 Å². The Hall–Kier alpha value is -1.50. The lowest BCUT2D eigenvalue weighted by molar-refractivity contribution is 0.799. The lowest BCUT2D eigenvalue weighted by Crippen LogP contribution is -2.06. The van der Waals surface area contributed by atoms with Crippen molar-refractivity contribution in [2.45, 2.75) is 13.8 Å². The van der Waals surface area contributed by atoms with E-state index in [1.165, 1.54) is 4.68 Å². The Balaban J connectivity index is 2.62. The van der Waals surface area contributed by atoms with Crippen molar-refractivity contribution in [2.24, 2.45) is 0 Å². The summed E-state index contributed by atoms with van der Waals surface area (Å²) in [5.41, 5.74) is 7.07. The predicted octanol–water partition coefficient (Wildman–Crippen LogP) is 1.02. The Kier molecular flexibility index (Phi) is 2.39. The highest BCUT2D eigenvalue weighted by molar-refractivity contribution is 9.10. The highest BCUT2D eigenvalue weighted by Gasteiger charge is 2.11. The molecule has 0 aliphatic rings. The molecule has 0 unspecified atom stereocenters. The van der Waals surface area contributed by atoms with E-state index >= 15 is 0 Å². The van der Waals surface area contributed by atoms with Crippen LogP contribution in [0.15, 0.2) is 10.9 Å². The van der Waals surface area contributed by atoms with Crippen molar-refractivity contribution in [1.82, 2.24) is 24.7 Å². The fraction of sp³-hybridized carbons (Fsp3) is 0.250. The molecule has 0 amide bonds. The van der Waals surface area contributed by atoms with Crippen LogP contribution < -0.4 is 5.73 Å². The molecule has 2 N–H and O–H groups in total. The third kappa shape index (κ3) is 1.82.